The smallest absolute Gasteiger partial charge is 0.338 e. The second-order valence-electron chi connectivity index (χ2n) is 6.99. The van der Waals surface area contributed by atoms with Crippen LogP contribution in [0.15, 0.2) is 60.8 Å². The van der Waals surface area contributed by atoms with E-state index in [0.29, 0.717) is 34.8 Å². The van der Waals surface area contributed by atoms with Crippen molar-refractivity contribution in [3.05, 3.63) is 77.1 Å². The Balaban J connectivity index is 1.43. The number of amides is 2. The summed E-state index contributed by atoms with van der Waals surface area (Å²) in [6.07, 6.45) is -2.54. The van der Waals surface area contributed by atoms with Crippen molar-refractivity contribution in [2.75, 3.05) is 11.9 Å². The van der Waals surface area contributed by atoms with E-state index in [1.165, 1.54) is 12.3 Å². The molecular weight excluding hydrogens is 443 g/mol. The van der Waals surface area contributed by atoms with Gasteiger partial charge in [0.25, 0.3) is 0 Å². The highest BCUT2D eigenvalue weighted by Gasteiger charge is 2.36. The number of carbonyl (C=O) groups is 1. The standard InChI is InChI=1S/C22H17ClF3N5O/c23-15-5-1-13(2-6-15)9-11-28-21(32)29-16-7-3-14(4-8-16)17-10-12-27-20-18(17)19(30-31-20)22(24,25)26/h1-8,10,12H,9,11H2,(H,27,30,31)(H2,28,29,32). The quantitative estimate of drug-likeness (QED) is 0.360. The molecule has 2 aromatic carbocycles. The first-order valence-corrected chi connectivity index (χ1v) is 9.99. The zero-order chi connectivity index (χ0) is 22.7. The lowest BCUT2D eigenvalue weighted by molar-refractivity contribution is -0.139. The number of fused-ring (bicyclic) bond motifs is 1. The average Bonchev–Trinajstić information content (AvgIpc) is 3.21. The SMILES string of the molecule is O=C(NCCc1ccc(Cl)cc1)Nc1ccc(-c2ccnc3n[nH]c(C(F)(F)F)c23)cc1. The van der Waals surface area contributed by atoms with E-state index < -0.39 is 11.9 Å². The molecule has 2 amide bonds. The summed E-state index contributed by atoms with van der Waals surface area (Å²) < 4.78 is 40.0. The monoisotopic (exact) mass is 459 g/mol. The van der Waals surface area contributed by atoms with E-state index in [1.54, 1.807) is 36.4 Å². The molecule has 0 bridgehead atoms. The summed E-state index contributed by atoms with van der Waals surface area (Å²) in [6, 6.07) is 15.0. The van der Waals surface area contributed by atoms with Crippen molar-refractivity contribution in [2.45, 2.75) is 12.6 Å². The van der Waals surface area contributed by atoms with E-state index in [4.69, 9.17) is 11.6 Å². The minimum Gasteiger partial charge on any atom is -0.338 e. The molecule has 0 unspecified atom stereocenters. The third-order valence-electron chi connectivity index (χ3n) is 4.80. The van der Waals surface area contributed by atoms with Gasteiger partial charge in [0.15, 0.2) is 5.65 Å². The molecule has 32 heavy (non-hydrogen) atoms. The number of rotatable bonds is 5. The number of nitrogens with one attached hydrogen (secondary N) is 3. The van der Waals surface area contributed by atoms with Crippen LogP contribution in [0.3, 0.4) is 0 Å². The van der Waals surface area contributed by atoms with E-state index in [0.717, 1.165) is 5.56 Å². The lowest BCUT2D eigenvalue weighted by atomic mass is 10.0. The summed E-state index contributed by atoms with van der Waals surface area (Å²) in [6.45, 7) is 0.432. The molecular formula is C22H17ClF3N5O. The molecule has 4 rings (SSSR count). The van der Waals surface area contributed by atoms with Crippen molar-refractivity contribution in [3.8, 4) is 11.1 Å². The predicted molar refractivity (Wildman–Crippen MR) is 117 cm³/mol. The Morgan fingerprint density at radius 1 is 1.03 bits per heavy atom. The van der Waals surface area contributed by atoms with Gasteiger partial charge in [0, 0.05) is 23.5 Å². The first-order chi connectivity index (χ1) is 15.3. The molecule has 0 spiro atoms. The molecule has 4 aromatic rings. The summed E-state index contributed by atoms with van der Waals surface area (Å²) in [4.78, 5) is 16.0. The van der Waals surface area contributed by atoms with Gasteiger partial charge in [-0.1, -0.05) is 35.9 Å². The van der Waals surface area contributed by atoms with E-state index in [9.17, 15) is 18.0 Å². The zero-order valence-corrected chi connectivity index (χ0v) is 17.3. The van der Waals surface area contributed by atoms with Crippen LogP contribution in [0.1, 0.15) is 11.3 Å². The van der Waals surface area contributed by atoms with Gasteiger partial charge in [-0.3, -0.25) is 5.10 Å². The van der Waals surface area contributed by atoms with Crippen LogP contribution in [0.4, 0.5) is 23.7 Å². The lowest BCUT2D eigenvalue weighted by Crippen LogP contribution is -2.30. The average molecular weight is 460 g/mol. The summed E-state index contributed by atoms with van der Waals surface area (Å²) in [5, 5.41) is 11.7. The van der Waals surface area contributed by atoms with Crippen LogP contribution in [-0.2, 0) is 12.6 Å². The van der Waals surface area contributed by atoms with Gasteiger partial charge in [-0.2, -0.15) is 18.3 Å². The lowest BCUT2D eigenvalue weighted by Gasteiger charge is -2.10. The predicted octanol–water partition coefficient (Wildman–Crippen LogP) is 5.66. The van der Waals surface area contributed by atoms with Crippen LogP contribution in [-0.4, -0.2) is 27.8 Å². The highest BCUT2D eigenvalue weighted by Crippen LogP contribution is 2.37. The first-order valence-electron chi connectivity index (χ1n) is 9.61. The van der Waals surface area contributed by atoms with Crippen molar-refractivity contribution in [1.29, 1.82) is 0 Å². The number of carbonyl (C=O) groups excluding carboxylic acids is 1. The minimum atomic E-state index is -4.59. The highest BCUT2D eigenvalue weighted by atomic mass is 35.5. The number of aromatic nitrogens is 3. The molecule has 6 nitrogen and oxygen atoms in total. The number of hydrogen-bond acceptors (Lipinski definition) is 3. The molecule has 0 saturated carbocycles. The fourth-order valence-corrected chi connectivity index (χ4v) is 3.40. The van der Waals surface area contributed by atoms with Crippen molar-refractivity contribution in [1.82, 2.24) is 20.5 Å². The molecule has 2 heterocycles. The highest BCUT2D eigenvalue weighted by molar-refractivity contribution is 6.30. The van der Waals surface area contributed by atoms with Gasteiger partial charge in [-0.05, 0) is 53.4 Å². The maximum Gasteiger partial charge on any atom is 0.433 e. The number of hydrogen-bond donors (Lipinski definition) is 3. The van der Waals surface area contributed by atoms with Crippen LogP contribution in [0.25, 0.3) is 22.2 Å². The van der Waals surface area contributed by atoms with Crippen LogP contribution < -0.4 is 10.6 Å². The van der Waals surface area contributed by atoms with Crippen molar-refractivity contribution >= 4 is 34.4 Å². The van der Waals surface area contributed by atoms with Crippen LogP contribution in [0.5, 0.6) is 0 Å². The molecule has 0 aliphatic carbocycles. The Labute approximate surface area is 185 Å². The number of benzene rings is 2. The van der Waals surface area contributed by atoms with Gasteiger partial charge in [0.1, 0.15) is 5.69 Å². The maximum absolute atomic E-state index is 13.3. The molecule has 0 saturated heterocycles. The van der Waals surface area contributed by atoms with E-state index >= 15 is 0 Å². The van der Waals surface area contributed by atoms with Gasteiger partial charge < -0.3 is 10.6 Å². The number of pyridine rings is 1. The third kappa shape index (κ3) is 4.83. The zero-order valence-electron chi connectivity index (χ0n) is 16.5. The summed E-state index contributed by atoms with van der Waals surface area (Å²) in [5.74, 6) is 0. The summed E-state index contributed by atoms with van der Waals surface area (Å²) in [5.41, 5.74) is 1.47. The first kappa shape index (κ1) is 21.6. The third-order valence-corrected chi connectivity index (χ3v) is 5.06. The molecule has 164 valence electrons. The van der Waals surface area contributed by atoms with Crippen LogP contribution in [0, 0.1) is 0 Å². The fraction of sp³-hybridized carbons (Fsp3) is 0.136. The second kappa shape index (κ2) is 8.88. The maximum atomic E-state index is 13.3. The number of halogens is 4. The van der Waals surface area contributed by atoms with Crippen LogP contribution in [0.2, 0.25) is 5.02 Å². The number of urea groups is 1. The Kier molecular flexibility index (Phi) is 6.00. The minimum absolute atomic E-state index is 0.0166. The van der Waals surface area contributed by atoms with Crippen molar-refractivity contribution in [2.24, 2.45) is 0 Å². The largest absolute Gasteiger partial charge is 0.433 e. The van der Waals surface area contributed by atoms with Crippen molar-refractivity contribution < 1.29 is 18.0 Å². The van der Waals surface area contributed by atoms with E-state index in [-0.39, 0.29) is 17.1 Å². The molecule has 0 aliphatic rings. The molecule has 10 heteroatoms. The number of nitrogens with zero attached hydrogens (tertiary/aromatic N) is 2. The van der Waals surface area contributed by atoms with Gasteiger partial charge in [0.05, 0.1) is 5.39 Å². The van der Waals surface area contributed by atoms with Gasteiger partial charge in [-0.25, -0.2) is 9.78 Å². The molecule has 0 fully saturated rings. The van der Waals surface area contributed by atoms with Gasteiger partial charge >= 0.3 is 12.2 Å². The molecule has 2 aromatic heterocycles. The summed E-state index contributed by atoms with van der Waals surface area (Å²) >= 11 is 5.85. The van der Waals surface area contributed by atoms with Crippen LogP contribution >= 0.6 is 11.6 Å². The molecule has 3 N–H and O–H groups in total. The van der Waals surface area contributed by atoms with Gasteiger partial charge in [0.2, 0.25) is 0 Å². The normalized spacial score (nSPS) is 11.5. The van der Waals surface area contributed by atoms with Gasteiger partial charge in [-0.15, -0.1) is 0 Å². The van der Waals surface area contributed by atoms with E-state index in [1.807, 2.05) is 17.2 Å². The topological polar surface area (TPSA) is 82.7 Å². The molecule has 0 atom stereocenters. The fourth-order valence-electron chi connectivity index (χ4n) is 3.27. The number of alkyl halides is 3. The molecule has 0 radical (unpaired) electrons. The summed E-state index contributed by atoms with van der Waals surface area (Å²) in [7, 11) is 0. The Morgan fingerprint density at radius 2 is 1.75 bits per heavy atom. The Bertz CT molecular complexity index is 1240. The number of H-pyrrole nitrogens is 1. The Morgan fingerprint density at radius 3 is 2.44 bits per heavy atom. The number of aromatic amines is 1. The Hall–Kier alpha value is -3.59. The number of anilines is 1. The molecule has 0 aliphatic heterocycles. The van der Waals surface area contributed by atoms with E-state index in [2.05, 4.69) is 20.7 Å². The second-order valence-corrected chi connectivity index (χ2v) is 7.42. The van der Waals surface area contributed by atoms with Crippen molar-refractivity contribution in [3.63, 3.8) is 0 Å².